The third-order valence-corrected chi connectivity index (χ3v) is 5.36. The molecule has 0 spiro atoms. The quantitative estimate of drug-likeness (QED) is 0.891. The third-order valence-electron chi connectivity index (χ3n) is 4.12. The first-order chi connectivity index (χ1) is 9.15. The Morgan fingerprint density at radius 3 is 2.84 bits per heavy atom. The van der Waals surface area contributed by atoms with Gasteiger partial charge in [-0.3, -0.25) is 9.59 Å². The van der Waals surface area contributed by atoms with E-state index in [1.54, 1.807) is 11.3 Å². The van der Waals surface area contributed by atoms with Gasteiger partial charge in [0.1, 0.15) is 0 Å². The first kappa shape index (κ1) is 12.7. The lowest BCUT2D eigenvalue weighted by Crippen LogP contribution is -2.39. The van der Waals surface area contributed by atoms with Crippen LogP contribution < -0.4 is 5.32 Å². The Bertz CT molecular complexity index is 501. The molecule has 4 nitrogen and oxygen atoms in total. The van der Waals surface area contributed by atoms with E-state index in [1.807, 2.05) is 6.07 Å². The molecule has 0 saturated heterocycles. The summed E-state index contributed by atoms with van der Waals surface area (Å²) in [4.78, 5) is 25.3. The maximum absolute atomic E-state index is 12.2. The third kappa shape index (κ3) is 2.39. The van der Waals surface area contributed by atoms with E-state index < -0.39 is 11.9 Å². The van der Waals surface area contributed by atoms with Crippen molar-refractivity contribution in [1.29, 1.82) is 0 Å². The molecule has 1 aromatic rings. The molecule has 2 aliphatic carbocycles. The number of rotatable bonds is 3. The zero-order chi connectivity index (χ0) is 13.4. The van der Waals surface area contributed by atoms with Crippen molar-refractivity contribution < 1.29 is 14.7 Å². The lowest BCUT2D eigenvalue weighted by molar-refractivity contribution is -0.142. The van der Waals surface area contributed by atoms with Gasteiger partial charge in [-0.25, -0.2) is 0 Å². The molecule has 2 aliphatic rings. The molecule has 1 aromatic heterocycles. The Kier molecular flexibility index (Phi) is 3.31. The van der Waals surface area contributed by atoms with Crippen molar-refractivity contribution in [3.05, 3.63) is 21.4 Å². The molecule has 0 aromatic carbocycles. The number of amides is 1. The number of hydrogen-bond acceptors (Lipinski definition) is 3. The van der Waals surface area contributed by atoms with Gasteiger partial charge in [-0.15, -0.1) is 11.3 Å². The van der Waals surface area contributed by atoms with E-state index in [4.69, 9.17) is 5.11 Å². The molecular formula is C14H17NO3S. The Balaban J connectivity index is 1.69. The lowest BCUT2D eigenvalue weighted by atomic mass is 10.0. The van der Waals surface area contributed by atoms with Crippen molar-refractivity contribution >= 4 is 23.2 Å². The highest BCUT2D eigenvalue weighted by Gasteiger charge is 2.34. The van der Waals surface area contributed by atoms with Gasteiger partial charge in [0, 0.05) is 10.9 Å². The molecular weight excluding hydrogens is 262 g/mol. The number of hydrogen-bond donors (Lipinski definition) is 2. The summed E-state index contributed by atoms with van der Waals surface area (Å²) in [6.07, 6.45) is 5.65. The summed E-state index contributed by atoms with van der Waals surface area (Å²) >= 11 is 1.56. The van der Waals surface area contributed by atoms with E-state index in [-0.39, 0.29) is 11.9 Å². The average molecular weight is 279 g/mol. The molecule has 1 amide bonds. The number of carboxylic acid groups (broad SMARTS) is 1. The molecule has 0 aliphatic heterocycles. The number of fused-ring (bicyclic) bond motifs is 1. The van der Waals surface area contributed by atoms with Crippen LogP contribution in [-0.4, -0.2) is 23.0 Å². The van der Waals surface area contributed by atoms with Gasteiger partial charge >= 0.3 is 5.97 Å². The second-order valence-electron chi connectivity index (χ2n) is 5.37. The van der Waals surface area contributed by atoms with Gasteiger partial charge < -0.3 is 10.4 Å². The number of carbonyl (C=O) groups is 2. The van der Waals surface area contributed by atoms with Crippen molar-refractivity contribution in [2.75, 3.05) is 0 Å². The zero-order valence-electron chi connectivity index (χ0n) is 10.6. The Hall–Kier alpha value is -1.36. The van der Waals surface area contributed by atoms with Gasteiger partial charge in [-0.1, -0.05) is 6.42 Å². The van der Waals surface area contributed by atoms with Gasteiger partial charge in [0.05, 0.1) is 10.8 Å². The molecule has 0 unspecified atom stereocenters. The maximum Gasteiger partial charge on any atom is 0.308 e. The van der Waals surface area contributed by atoms with Crippen molar-refractivity contribution in [3.63, 3.8) is 0 Å². The predicted octanol–water partition coefficient (Wildman–Crippen LogP) is 2.22. The van der Waals surface area contributed by atoms with Crippen molar-refractivity contribution in [2.45, 2.75) is 44.6 Å². The zero-order valence-corrected chi connectivity index (χ0v) is 11.5. The highest BCUT2D eigenvalue weighted by Crippen LogP contribution is 2.31. The minimum atomic E-state index is -0.795. The van der Waals surface area contributed by atoms with Crippen molar-refractivity contribution in [2.24, 2.45) is 5.92 Å². The van der Waals surface area contributed by atoms with Crippen LogP contribution in [-0.2, 0) is 17.6 Å². The number of nitrogens with one attached hydrogen (secondary N) is 1. The first-order valence-electron chi connectivity index (χ1n) is 6.80. The smallest absolute Gasteiger partial charge is 0.308 e. The fraction of sp³-hybridized carbons (Fsp3) is 0.571. The topological polar surface area (TPSA) is 66.4 Å². The van der Waals surface area contributed by atoms with Crippen LogP contribution in [0.5, 0.6) is 0 Å². The number of thiophene rings is 1. The SMILES string of the molecule is O=C(N[C@H]1CCC[C@H]1C(=O)O)c1cc2c(s1)CCC2. The molecule has 1 saturated carbocycles. The van der Waals surface area contributed by atoms with Gasteiger partial charge in [-0.05, 0) is 43.7 Å². The highest BCUT2D eigenvalue weighted by atomic mass is 32.1. The van der Waals surface area contributed by atoms with Crippen molar-refractivity contribution in [3.8, 4) is 0 Å². The van der Waals surface area contributed by atoms with E-state index in [0.717, 1.165) is 30.6 Å². The largest absolute Gasteiger partial charge is 0.481 e. The van der Waals surface area contributed by atoms with E-state index in [1.165, 1.54) is 16.9 Å². The van der Waals surface area contributed by atoms with E-state index >= 15 is 0 Å². The van der Waals surface area contributed by atoms with E-state index in [0.29, 0.717) is 6.42 Å². The summed E-state index contributed by atoms with van der Waals surface area (Å²) in [5.41, 5.74) is 1.30. The molecule has 1 heterocycles. The summed E-state index contributed by atoms with van der Waals surface area (Å²) in [7, 11) is 0. The predicted molar refractivity (Wildman–Crippen MR) is 72.6 cm³/mol. The summed E-state index contributed by atoms with van der Waals surface area (Å²) in [6.45, 7) is 0. The molecule has 3 rings (SSSR count). The van der Waals surface area contributed by atoms with Crippen LogP contribution in [0.4, 0.5) is 0 Å². The molecule has 19 heavy (non-hydrogen) atoms. The minimum absolute atomic E-state index is 0.0995. The standard InChI is InChI=1S/C14H17NO3S/c16-13(12-7-8-3-1-6-11(8)19-12)15-10-5-2-4-9(10)14(17)18/h7,9-10H,1-6H2,(H,15,16)(H,17,18)/t9-,10+/m1/s1. The van der Waals surface area contributed by atoms with Gasteiger partial charge in [-0.2, -0.15) is 0 Å². The summed E-state index contributed by atoms with van der Waals surface area (Å²) in [5, 5.41) is 12.0. The number of aliphatic carboxylic acids is 1. The van der Waals surface area contributed by atoms with Gasteiger partial charge in [0.15, 0.2) is 0 Å². The average Bonchev–Trinajstić information content (AvgIpc) is 3.01. The number of carbonyl (C=O) groups excluding carboxylic acids is 1. The summed E-state index contributed by atoms with van der Waals surface area (Å²) in [6, 6.07) is 1.77. The van der Waals surface area contributed by atoms with Crippen molar-refractivity contribution in [1.82, 2.24) is 5.32 Å². The Labute approximate surface area is 115 Å². The fourth-order valence-electron chi connectivity index (χ4n) is 3.11. The van der Waals surface area contributed by atoms with Crippen LogP contribution >= 0.6 is 11.3 Å². The highest BCUT2D eigenvalue weighted by molar-refractivity contribution is 7.14. The van der Waals surface area contributed by atoms with Crippen LogP contribution in [0, 0.1) is 5.92 Å². The molecule has 1 fully saturated rings. The second kappa shape index (κ2) is 4.96. The van der Waals surface area contributed by atoms with Crippen LogP contribution in [0.25, 0.3) is 0 Å². The van der Waals surface area contributed by atoms with Crippen LogP contribution in [0.2, 0.25) is 0 Å². The normalized spacial score (nSPS) is 25.3. The molecule has 2 N–H and O–H groups in total. The number of aryl methyl sites for hydroxylation is 2. The molecule has 5 heteroatoms. The Morgan fingerprint density at radius 1 is 1.26 bits per heavy atom. The van der Waals surface area contributed by atoms with E-state index in [9.17, 15) is 9.59 Å². The molecule has 0 bridgehead atoms. The monoisotopic (exact) mass is 279 g/mol. The number of carboxylic acids is 1. The van der Waals surface area contributed by atoms with E-state index in [2.05, 4.69) is 5.32 Å². The minimum Gasteiger partial charge on any atom is -0.481 e. The maximum atomic E-state index is 12.2. The van der Waals surface area contributed by atoms with Crippen LogP contribution in [0.1, 0.15) is 45.8 Å². The summed E-state index contributed by atoms with van der Waals surface area (Å²) < 4.78 is 0. The lowest BCUT2D eigenvalue weighted by Gasteiger charge is -2.16. The summed E-state index contributed by atoms with van der Waals surface area (Å²) in [5.74, 6) is -1.32. The fourth-order valence-corrected chi connectivity index (χ4v) is 4.27. The molecule has 102 valence electrons. The molecule has 0 radical (unpaired) electrons. The van der Waals surface area contributed by atoms with Gasteiger partial charge in [0.25, 0.3) is 5.91 Å². The Morgan fingerprint density at radius 2 is 2.11 bits per heavy atom. The van der Waals surface area contributed by atoms with Crippen LogP contribution in [0.3, 0.4) is 0 Å². The van der Waals surface area contributed by atoms with Crippen LogP contribution in [0.15, 0.2) is 6.07 Å². The molecule has 2 atom stereocenters. The second-order valence-corrected chi connectivity index (χ2v) is 6.50. The van der Waals surface area contributed by atoms with Gasteiger partial charge in [0.2, 0.25) is 0 Å². The first-order valence-corrected chi connectivity index (χ1v) is 7.62.